The number of para-hydroxylation sites is 1. The van der Waals surface area contributed by atoms with Crippen molar-refractivity contribution in [2.45, 2.75) is 12.5 Å². The molecule has 2 aromatic carbocycles. The summed E-state index contributed by atoms with van der Waals surface area (Å²) in [4.78, 5) is 0. The van der Waals surface area contributed by atoms with Crippen LogP contribution in [-0.2, 0) is 0 Å². The number of aliphatic hydroxyl groups is 1. The highest BCUT2D eigenvalue weighted by Crippen LogP contribution is 2.34. The van der Waals surface area contributed by atoms with E-state index in [1.807, 2.05) is 0 Å². The van der Waals surface area contributed by atoms with Crippen molar-refractivity contribution in [2.75, 3.05) is 0 Å². The van der Waals surface area contributed by atoms with E-state index in [-0.39, 0.29) is 15.6 Å². The quantitative estimate of drug-likeness (QED) is 0.808. The number of ether oxygens (including phenoxy) is 1. The van der Waals surface area contributed by atoms with E-state index < -0.39 is 24.0 Å². The minimum Gasteiger partial charge on any atom is -0.405 e. The second kappa shape index (κ2) is 6.03. The number of halogens is 5. The second-order valence-corrected chi connectivity index (χ2v) is 5.02. The van der Waals surface area contributed by atoms with E-state index in [0.29, 0.717) is 0 Å². The van der Waals surface area contributed by atoms with Crippen LogP contribution in [-0.4, -0.2) is 11.5 Å². The van der Waals surface area contributed by atoms with Crippen LogP contribution in [0, 0.1) is 5.82 Å². The maximum atomic E-state index is 13.2. The van der Waals surface area contributed by atoms with Crippen LogP contribution in [0.3, 0.4) is 0 Å². The fraction of sp³-hybridized carbons (Fsp3) is 0.143. The lowest BCUT2D eigenvalue weighted by Crippen LogP contribution is -2.18. The van der Waals surface area contributed by atoms with Gasteiger partial charge in [0.2, 0.25) is 0 Å². The molecule has 2 nitrogen and oxygen atoms in total. The lowest BCUT2D eigenvalue weighted by Gasteiger charge is -2.17. The van der Waals surface area contributed by atoms with Crippen molar-refractivity contribution in [3.8, 4) is 5.75 Å². The van der Waals surface area contributed by atoms with E-state index in [2.05, 4.69) is 20.7 Å². The van der Waals surface area contributed by atoms with Crippen molar-refractivity contribution in [2.24, 2.45) is 0 Å². The first-order valence-corrected chi connectivity index (χ1v) is 6.55. The third-order valence-electron chi connectivity index (χ3n) is 2.70. The first kappa shape index (κ1) is 15.8. The molecule has 2 rings (SSSR count). The van der Waals surface area contributed by atoms with E-state index in [1.54, 1.807) is 0 Å². The molecule has 0 aromatic heterocycles. The molecule has 112 valence electrons. The van der Waals surface area contributed by atoms with Crippen molar-refractivity contribution in [3.63, 3.8) is 0 Å². The summed E-state index contributed by atoms with van der Waals surface area (Å²) in [6.07, 6.45) is -6.24. The molecular weight excluding hydrogens is 356 g/mol. The standard InChI is InChI=1S/C14H9BrF4O2/c15-10-7-8(5-6-11(10)16)13(20)9-3-1-2-4-12(9)21-14(17,18)19/h1-7,13,20H. The largest absolute Gasteiger partial charge is 0.573 e. The van der Waals surface area contributed by atoms with E-state index in [0.717, 1.165) is 12.1 Å². The average molecular weight is 365 g/mol. The Balaban J connectivity index is 2.38. The zero-order valence-electron chi connectivity index (χ0n) is 10.4. The summed E-state index contributed by atoms with van der Waals surface area (Å²) >= 11 is 2.96. The molecule has 0 spiro atoms. The highest BCUT2D eigenvalue weighted by molar-refractivity contribution is 9.10. The van der Waals surface area contributed by atoms with Crippen LogP contribution in [0.4, 0.5) is 17.6 Å². The van der Waals surface area contributed by atoms with Gasteiger partial charge in [0, 0.05) is 5.56 Å². The zero-order chi connectivity index (χ0) is 15.6. The maximum absolute atomic E-state index is 13.2. The van der Waals surface area contributed by atoms with Crippen molar-refractivity contribution < 1.29 is 27.4 Å². The smallest absolute Gasteiger partial charge is 0.405 e. The first-order chi connectivity index (χ1) is 9.78. The molecule has 0 aliphatic carbocycles. The predicted octanol–water partition coefficient (Wildman–Crippen LogP) is 4.57. The molecule has 0 bridgehead atoms. The molecule has 0 radical (unpaired) electrons. The van der Waals surface area contributed by atoms with Crippen LogP contribution >= 0.6 is 15.9 Å². The fourth-order valence-corrected chi connectivity index (χ4v) is 2.18. The zero-order valence-corrected chi connectivity index (χ0v) is 12.0. The Labute approximate surface area is 126 Å². The molecule has 1 atom stereocenters. The van der Waals surface area contributed by atoms with Gasteiger partial charge in [0.1, 0.15) is 17.7 Å². The van der Waals surface area contributed by atoms with Crippen LogP contribution in [0.5, 0.6) is 5.75 Å². The van der Waals surface area contributed by atoms with Crippen molar-refractivity contribution in [1.82, 2.24) is 0 Å². The number of hydrogen-bond donors (Lipinski definition) is 1. The second-order valence-electron chi connectivity index (χ2n) is 4.16. The highest BCUT2D eigenvalue weighted by atomic mass is 79.9. The predicted molar refractivity (Wildman–Crippen MR) is 71.3 cm³/mol. The molecule has 1 unspecified atom stereocenters. The van der Waals surface area contributed by atoms with Gasteiger partial charge in [-0.15, -0.1) is 13.2 Å². The van der Waals surface area contributed by atoms with Crippen molar-refractivity contribution in [1.29, 1.82) is 0 Å². The summed E-state index contributed by atoms with van der Waals surface area (Å²) in [5.74, 6) is -1.04. The van der Waals surface area contributed by atoms with Gasteiger partial charge in [0.05, 0.1) is 4.47 Å². The minimum atomic E-state index is -4.86. The van der Waals surface area contributed by atoms with Gasteiger partial charge in [-0.1, -0.05) is 24.3 Å². The third kappa shape index (κ3) is 3.95. The monoisotopic (exact) mass is 364 g/mol. The molecule has 21 heavy (non-hydrogen) atoms. The van der Waals surface area contributed by atoms with Crippen LogP contribution in [0.25, 0.3) is 0 Å². The Morgan fingerprint density at radius 1 is 1.10 bits per heavy atom. The molecule has 0 aliphatic rings. The van der Waals surface area contributed by atoms with Gasteiger partial charge in [-0.3, -0.25) is 0 Å². The van der Waals surface area contributed by atoms with Gasteiger partial charge >= 0.3 is 6.36 Å². The molecule has 1 N–H and O–H groups in total. The number of rotatable bonds is 3. The molecule has 7 heteroatoms. The summed E-state index contributed by atoms with van der Waals surface area (Å²) in [5.41, 5.74) is 0.176. The average Bonchev–Trinajstić information content (AvgIpc) is 2.40. The van der Waals surface area contributed by atoms with Crippen molar-refractivity contribution in [3.05, 3.63) is 63.9 Å². The highest BCUT2D eigenvalue weighted by Gasteiger charge is 2.33. The summed E-state index contributed by atoms with van der Waals surface area (Å²) in [6.45, 7) is 0. The van der Waals surface area contributed by atoms with E-state index in [4.69, 9.17) is 0 Å². The number of hydrogen-bond acceptors (Lipinski definition) is 2. The SMILES string of the molecule is OC(c1ccc(F)c(Br)c1)c1ccccc1OC(F)(F)F. The summed E-state index contributed by atoms with van der Waals surface area (Å²) in [6, 6.07) is 8.93. The Hall–Kier alpha value is -1.60. The lowest BCUT2D eigenvalue weighted by molar-refractivity contribution is -0.275. The summed E-state index contributed by atoms with van der Waals surface area (Å²) in [5, 5.41) is 10.2. The minimum absolute atomic E-state index is 0.0617. The molecular formula is C14H9BrF4O2. The van der Waals surface area contributed by atoms with Gasteiger partial charge in [0.15, 0.2) is 0 Å². The molecule has 0 saturated heterocycles. The Morgan fingerprint density at radius 2 is 1.76 bits per heavy atom. The molecule has 0 heterocycles. The van der Waals surface area contributed by atoms with Crippen LogP contribution in [0.2, 0.25) is 0 Å². The third-order valence-corrected chi connectivity index (χ3v) is 3.31. The number of aliphatic hydroxyl groups excluding tert-OH is 1. The van der Waals surface area contributed by atoms with E-state index in [1.165, 1.54) is 30.3 Å². The number of alkyl halides is 3. The van der Waals surface area contributed by atoms with Gasteiger partial charge in [-0.2, -0.15) is 0 Å². The fourth-order valence-electron chi connectivity index (χ4n) is 1.79. The van der Waals surface area contributed by atoms with Crippen LogP contribution < -0.4 is 4.74 Å². The van der Waals surface area contributed by atoms with Gasteiger partial charge in [0.25, 0.3) is 0 Å². The molecule has 0 saturated carbocycles. The maximum Gasteiger partial charge on any atom is 0.573 e. The lowest BCUT2D eigenvalue weighted by atomic mass is 10.0. The Bertz CT molecular complexity index is 643. The van der Waals surface area contributed by atoms with Gasteiger partial charge < -0.3 is 9.84 Å². The van der Waals surface area contributed by atoms with Gasteiger partial charge in [-0.05, 0) is 39.7 Å². The molecule has 0 aliphatic heterocycles. The Morgan fingerprint density at radius 3 is 2.38 bits per heavy atom. The van der Waals surface area contributed by atoms with Gasteiger partial charge in [-0.25, -0.2) is 4.39 Å². The molecule has 0 fully saturated rings. The topological polar surface area (TPSA) is 29.5 Å². The van der Waals surface area contributed by atoms with E-state index in [9.17, 15) is 22.7 Å². The Kier molecular flexibility index (Phi) is 4.53. The first-order valence-electron chi connectivity index (χ1n) is 5.75. The summed E-state index contributed by atoms with van der Waals surface area (Å²) in [7, 11) is 0. The van der Waals surface area contributed by atoms with Crippen LogP contribution in [0.1, 0.15) is 17.2 Å². The van der Waals surface area contributed by atoms with Crippen LogP contribution in [0.15, 0.2) is 46.9 Å². The summed E-state index contributed by atoms with van der Waals surface area (Å²) < 4.78 is 54.2. The normalized spacial score (nSPS) is 13.0. The molecule has 2 aromatic rings. The number of benzene rings is 2. The van der Waals surface area contributed by atoms with E-state index >= 15 is 0 Å². The molecule has 0 amide bonds. The van der Waals surface area contributed by atoms with Crippen molar-refractivity contribution >= 4 is 15.9 Å².